The second-order valence-electron chi connectivity index (χ2n) is 4.26. The molecule has 1 aromatic carbocycles. The van der Waals surface area contributed by atoms with Crippen molar-refractivity contribution in [2.75, 3.05) is 0 Å². The van der Waals surface area contributed by atoms with Crippen LogP contribution in [0.5, 0.6) is 5.75 Å². The Balaban J connectivity index is 1.85. The van der Waals surface area contributed by atoms with Gasteiger partial charge in [-0.2, -0.15) is 4.98 Å². The first kappa shape index (κ1) is 12.6. The fourth-order valence-electron chi connectivity index (χ4n) is 1.59. The van der Waals surface area contributed by atoms with E-state index in [1.54, 1.807) is 0 Å². The normalized spacial score (nSPS) is 10.8. The van der Waals surface area contributed by atoms with E-state index in [4.69, 9.17) is 4.74 Å². The summed E-state index contributed by atoms with van der Waals surface area (Å²) >= 11 is 0. The zero-order valence-electron chi connectivity index (χ0n) is 10.6. The van der Waals surface area contributed by atoms with E-state index in [0.29, 0.717) is 12.4 Å². The molecule has 0 bridgehead atoms. The van der Waals surface area contributed by atoms with Gasteiger partial charge in [-0.05, 0) is 31.5 Å². The topological polar surface area (TPSA) is 60.2 Å². The fraction of sp³-hybridized carbons (Fsp3) is 0.385. The highest BCUT2D eigenvalue weighted by Crippen LogP contribution is 2.14. The Bertz CT molecular complexity index is 469. The first-order chi connectivity index (χ1) is 8.74. The number of nitrogens with zero attached hydrogens (tertiary/aromatic N) is 2. The van der Waals surface area contributed by atoms with Crippen LogP contribution in [0.3, 0.4) is 0 Å². The Labute approximate surface area is 106 Å². The minimum absolute atomic E-state index is 0.188. The smallest absolute Gasteiger partial charge is 0.213 e. The van der Waals surface area contributed by atoms with E-state index in [1.807, 2.05) is 32.0 Å². The molecule has 5 nitrogen and oxygen atoms in total. The predicted octanol–water partition coefficient (Wildman–Crippen LogP) is 2.15. The Hall–Kier alpha value is -1.88. The van der Waals surface area contributed by atoms with Crippen LogP contribution in [0, 0.1) is 0 Å². The Kier molecular flexibility index (Phi) is 4.30. The van der Waals surface area contributed by atoms with Crippen molar-refractivity contribution in [1.82, 2.24) is 15.5 Å². The molecule has 1 heterocycles. The molecule has 0 atom stereocenters. The van der Waals surface area contributed by atoms with Crippen LogP contribution in [0.15, 0.2) is 35.2 Å². The second-order valence-corrected chi connectivity index (χ2v) is 4.26. The lowest BCUT2D eigenvalue weighted by atomic mass is 10.2. The highest BCUT2D eigenvalue weighted by atomic mass is 16.5. The zero-order chi connectivity index (χ0) is 12.8. The van der Waals surface area contributed by atoms with Gasteiger partial charge in [-0.15, -0.1) is 0 Å². The Morgan fingerprint density at radius 1 is 1.33 bits per heavy atom. The van der Waals surface area contributed by atoms with Crippen LogP contribution in [0.2, 0.25) is 0 Å². The molecule has 0 aliphatic carbocycles. The first-order valence-electron chi connectivity index (χ1n) is 5.95. The lowest BCUT2D eigenvalue weighted by Gasteiger charge is -2.11. The van der Waals surface area contributed by atoms with E-state index in [9.17, 15) is 0 Å². The van der Waals surface area contributed by atoms with Crippen molar-refractivity contribution in [2.45, 2.75) is 33.0 Å². The molecule has 0 fully saturated rings. The van der Waals surface area contributed by atoms with Crippen LogP contribution < -0.4 is 10.1 Å². The molecule has 18 heavy (non-hydrogen) atoms. The van der Waals surface area contributed by atoms with Crippen molar-refractivity contribution >= 4 is 0 Å². The van der Waals surface area contributed by atoms with Gasteiger partial charge in [-0.25, -0.2) is 0 Å². The average Bonchev–Trinajstić information content (AvgIpc) is 2.82. The molecule has 1 N–H and O–H groups in total. The molecule has 0 unspecified atom stereocenters. The third-order valence-corrected chi connectivity index (χ3v) is 2.29. The number of ether oxygens (including phenoxy) is 1. The van der Waals surface area contributed by atoms with Crippen molar-refractivity contribution in [1.29, 1.82) is 0 Å². The average molecular weight is 247 g/mol. The summed E-state index contributed by atoms with van der Waals surface area (Å²) < 4.78 is 10.3. The van der Waals surface area contributed by atoms with Gasteiger partial charge in [-0.1, -0.05) is 17.3 Å². The van der Waals surface area contributed by atoms with Crippen molar-refractivity contribution in [3.05, 3.63) is 42.0 Å². The summed E-state index contributed by atoms with van der Waals surface area (Å²) in [6.45, 7) is 5.36. The molecular weight excluding hydrogens is 230 g/mol. The van der Waals surface area contributed by atoms with Gasteiger partial charge in [-0.3, -0.25) is 0 Å². The number of nitrogens with one attached hydrogen (secondary N) is 1. The minimum Gasteiger partial charge on any atom is -0.491 e. The monoisotopic (exact) mass is 247 g/mol. The third kappa shape index (κ3) is 3.85. The molecule has 5 heteroatoms. The molecule has 0 aliphatic rings. The molecular formula is C13H17N3O2. The lowest BCUT2D eigenvalue weighted by molar-refractivity contribution is 0.242. The van der Waals surface area contributed by atoms with Crippen molar-refractivity contribution in [3.8, 4) is 5.75 Å². The summed E-state index contributed by atoms with van der Waals surface area (Å²) in [6.07, 6.45) is 1.52. The van der Waals surface area contributed by atoms with Crippen LogP contribution in [-0.4, -0.2) is 16.2 Å². The molecule has 96 valence electrons. The van der Waals surface area contributed by atoms with E-state index in [0.717, 1.165) is 17.9 Å². The minimum atomic E-state index is 0.188. The van der Waals surface area contributed by atoms with Crippen molar-refractivity contribution in [3.63, 3.8) is 0 Å². The summed E-state index contributed by atoms with van der Waals surface area (Å²) in [7, 11) is 0. The summed E-state index contributed by atoms with van der Waals surface area (Å²) in [4.78, 5) is 3.94. The summed E-state index contributed by atoms with van der Waals surface area (Å²) in [6, 6.07) is 8.03. The number of hydrogen-bond donors (Lipinski definition) is 1. The van der Waals surface area contributed by atoms with Gasteiger partial charge >= 0.3 is 0 Å². The quantitative estimate of drug-likeness (QED) is 0.847. The molecule has 1 aromatic heterocycles. The van der Waals surface area contributed by atoms with Crippen LogP contribution in [0.4, 0.5) is 0 Å². The third-order valence-electron chi connectivity index (χ3n) is 2.29. The highest BCUT2D eigenvalue weighted by Gasteiger charge is 2.01. The number of aromatic nitrogens is 2. The van der Waals surface area contributed by atoms with Gasteiger partial charge < -0.3 is 14.6 Å². The SMILES string of the molecule is CC(C)Oc1cccc(CNCc2ncon2)c1. The Morgan fingerprint density at radius 2 is 2.22 bits per heavy atom. The molecule has 0 amide bonds. The molecule has 2 aromatic rings. The van der Waals surface area contributed by atoms with E-state index < -0.39 is 0 Å². The first-order valence-corrected chi connectivity index (χ1v) is 5.95. The van der Waals surface area contributed by atoms with Crippen molar-refractivity contribution < 1.29 is 9.26 Å². The van der Waals surface area contributed by atoms with E-state index in [1.165, 1.54) is 6.39 Å². The molecule has 0 aliphatic heterocycles. The maximum absolute atomic E-state index is 5.64. The summed E-state index contributed by atoms with van der Waals surface area (Å²) in [5.74, 6) is 1.55. The van der Waals surface area contributed by atoms with Gasteiger partial charge in [0.2, 0.25) is 6.39 Å². The van der Waals surface area contributed by atoms with Gasteiger partial charge in [0.15, 0.2) is 5.82 Å². The largest absolute Gasteiger partial charge is 0.491 e. The molecule has 2 rings (SSSR count). The molecule has 0 saturated carbocycles. The number of rotatable bonds is 6. The summed E-state index contributed by atoms with van der Waals surface area (Å²) in [5.41, 5.74) is 1.16. The molecule has 0 saturated heterocycles. The summed E-state index contributed by atoms with van der Waals surface area (Å²) in [5, 5.41) is 6.98. The lowest BCUT2D eigenvalue weighted by Crippen LogP contribution is -2.14. The molecule has 0 radical (unpaired) electrons. The standard InChI is InChI=1S/C13H17N3O2/c1-10(2)18-12-5-3-4-11(6-12)7-14-8-13-15-9-17-16-13/h3-6,9-10,14H,7-8H2,1-2H3. The Morgan fingerprint density at radius 3 is 2.94 bits per heavy atom. The van der Waals surface area contributed by atoms with Gasteiger partial charge in [0.1, 0.15) is 5.75 Å². The van der Waals surface area contributed by atoms with Crippen molar-refractivity contribution in [2.24, 2.45) is 0 Å². The highest BCUT2D eigenvalue weighted by molar-refractivity contribution is 5.28. The number of hydrogen-bond acceptors (Lipinski definition) is 5. The predicted molar refractivity (Wildman–Crippen MR) is 67.0 cm³/mol. The van der Waals surface area contributed by atoms with E-state index in [2.05, 4.69) is 26.0 Å². The van der Waals surface area contributed by atoms with Gasteiger partial charge in [0.25, 0.3) is 0 Å². The molecule has 0 spiro atoms. The number of benzene rings is 1. The van der Waals surface area contributed by atoms with Gasteiger partial charge in [0, 0.05) is 6.54 Å². The maximum atomic E-state index is 5.64. The maximum Gasteiger partial charge on any atom is 0.213 e. The second kappa shape index (κ2) is 6.16. The zero-order valence-corrected chi connectivity index (χ0v) is 10.6. The van der Waals surface area contributed by atoms with Crippen LogP contribution in [-0.2, 0) is 13.1 Å². The van der Waals surface area contributed by atoms with Crippen LogP contribution in [0.25, 0.3) is 0 Å². The van der Waals surface area contributed by atoms with E-state index in [-0.39, 0.29) is 6.10 Å². The van der Waals surface area contributed by atoms with Gasteiger partial charge in [0.05, 0.1) is 12.6 Å². The fourth-order valence-corrected chi connectivity index (χ4v) is 1.59. The van der Waals surface area contributed by atoms with Crippen LogP contribution >= 0.6 is 0 Å². The van der Waals surface area contributed by atoms with E-state index >= 15 is 0 Å². The van der Waals surface area contributed by atoms with Crippen LogP contribution in [0.1, 0.15) is 25.2 Å².